The lowest BCUT2D eigenvalue weighted by molar-refractivity contribution is 0.414. The van der Waals surface area contributed by atoms with Crippen LogP contribution in [0.3, 0.4) is 0 Å². The van der Waals surface area contributed by atoms with Gasteiger partial charge in [0.1, 0.15) is 5.75 Å². The molecule has 0 aliphatic carbocycles. The molecule has 0 aliphatic rings. The number of rotatable bonds is 6. The Morgan fingerprint density at radius 3 is 2.52 bits per heavy atom. The van der Waals surface area contributed by atoms with Crippen molar-refractivity contribution in [2.24, 2.45) is 0 Å². The summed E-state index contributed by atoms with van der Waals surface area (Å²) < 4.78 is 7.34. The Morgan fingerprint density at radius 2 is 1.85 bits per heavy atom. The van der Waals surface area contributed by atoms with E-state index in [9.17, 15) is 0 Å². The third-order valence-electron chi connectivity index (χ3n) is 3.92. The van der Waals surface area contributed by atoms with Crippen molar-refractivity contribution in [3.8, 4) is 22.8 Å². The van der Waals surface area contributed by atoms with Crippen LogP contribution < -0.4 is 4.74 Å². The van der Waals surface area contributed by atoms with Crippen LogP contribution in [0, 0.1) is 6.92 Å². The Bertz CT molecular complexity index is 1030. The van der Waals surface area contributed by atoms with E-state index in [1.54, 1.807) is 42.6 Å². The Labute approximate surface area is 165 Å². The van der Waals surface area contributed by atoms with E-state index in [0.29, 0.717) is 0 Å². The molecule has 27 heavy (non-hydrogen) atoms. The number of hydrogen-bond donors (Lipinski definition) is 0. The van der Waals surface area contributed by atoms with Gasteiger partial charge in [0.25, 0.3) is 0 Å². The highest BCUT2D eigenvalue weighted by atomic mass is 32.2. The molecule has 0 amide bonds. The van der Waals surface area contributed by atoms with Gasteiger partial charge in [0.2, 0.25) is 0 Å². The molecule has 0 fully saturated rings. The Hall–Kier alpha value is -2.71. The molecular weight excluding hydrogens is 378 g/mol. The molecule has 0 N–H and O–H groups in total. The first-order chi connectivity index (χ1) is 13.2. The zero-order chi connectivity index (χ0) is 18.6. The number of hydrogen-bond acceptors (Lipinski definition) is 7. The molecule has 6 nitrogen and oxygen atoms in total. The summed E-state index contributed by atoms with van der Waals surface area (Å²) in [6.45, 7) is 2.01. The molecule has 0 radical (unpaired) electrons. The number of benzene rings is 1. The van der Waals surface area contributed by atoms with Gasteiger partial charge in [0, 0.05) is 40.5 Å². The molecule has 136 valence electrons. The van der Waals surface area contributed by atoms with Gasteiger partial charge in [-0.1, -0.05) is 11.8 Å². The fourth-order valence-electron chi connectivity index (χ4n) is 2.62. The Balaban J connectivity index is 1.72. The summed E-state index contributed by atoms with van der Waals surface area (Å²) in [6, 6.07) is 11.8. The summed E-state index contributed by atoms with van der Waals surface area (Å²) in [4.78, 5) is 9.63. The smallest absolute Gasteiger partial charge is 0.196 e. The van der Waals surface area contributed by atoms with Crippen LogP contribution in [0.4, 0.5) is 0 Å². The molecule has 4 rings (SSSR count). The molecule has 3 heterocycles. The van der Waals surface area contributed by atoms with E-state index in [-0.39, 0.29) is 0 Å². The predicted molar refractivity (Wildman–Crippen MR) is 108 cm³/mol. The lowest BCUT2D eigenvalue weighted by Gasteiger charge is -2.11. The SMILES string of the molecule is COc1ccc(-n2c(SCc3cnc(C)s3)nnc2-c2ccncc2)cc1. The monoisotopic (exact) mass is 395 g/mol. The minimum atomic E-state index is 0.783. The molecule has 0 atom stereocenters. The molecular formula is C19H17N5OS2. The lowest BCUT2D eigenvalue weighted by Crippen LogP contribution is -2.00. The quantitative estimate of drug-likeness (QED) is 0.451. The molecule has 0 aliphatic heterocycles. The second-order valence-electron chi connectivity index (χ2n) is 5.71. The first-order valence-electron chi connectivity index (χ1n) is 8.29. The number of thiazole rings is 1. The van der Waals surface area contributed by atoms with Gasteiger partial charge in [-0.15, -0.1) is 21.5 Å². The first kappa shape index (κ1) is 17.7. The van der Waals surface area contributed by atoms with Crippen molar-refractivity contribution >= 4 is 23.1 Å². The van der Waals surface area contributed by atoms with E-state index < -0.39 is 0 Å². The highest BCUT2D eigenvalue weighted by Gasteiger charge is 2.16. The van der Waals surface area contributed by atoms with Crippen molar-refractivity contribution in [1.29, 1.82) is 0 Å². The number of aryl methyl sites for hydroxylation is 1. The van der Waals surface area contributed by atoms with Crippen LogP contribution in [0.25, 0.3) is 17.1 Å². The summed E-state index contributed by atoms with van der Waals surface area (Å²) in [5, 5.41) is 10.8. The highest BCUT2D eigenvalue weighted by Crippen LogP contribution is 2.31. The molecule has 8 heteroatoms. The first-order valence-corrected chi connectivity index (χ1v) is 10.1. The van der Waals surface area contributed by atoms with Crippen molar-refractivity contribution in [1.82, 2.24) is 24.7 Å². The van der Waals surface area contributed by atoms with Gasteiger partial charge in [-0.2, -0.15) is 0 Å². The van der Waals surface area contributed by atoms with Crippen LogP contribution in [-0.2, 0) is 5.75 Å². The van der Waals surface area contributed by atoms with Crippen molar-refractivity contribution in [3.63, 3.8) is 0 Å². The van der Waals surface area contributed by atoms with Gasteiger partial charge in [-0.05, 0) is 43.3 Å². The normalized spacial score (nSPS) is 10.9. The van der Waals surface area contributed by atoms with Crippen molar-refractivity contribution < 1.29 is 4.74 Å². The summed E-state index contributed by atoms with van der Waals surface area (Å²) >= 11 is 3.35. The Kier molecular flexibility index (Phi) is 5.17. The number of aromatic nitrogens is 5. The Morgan fingerprint density at radius 1 is 1.07 bits per heavy atom. The van der Waals surface area contributed by atoms with E-state index >= 15 is 0 Å². The van der Waals surface area contributed by atoms with Crippen molar-refractivity contribution in [2.45, 2.75) is 17.8 Å². The lowest BCUT2D eigenvalue weighted by atomic mass is 10.2. The van der Waals surface area contributed by atoms with Gasteiger partial charge < -0.3 is 4.74 Å². The van der Waals surface area contributed by atoms with Crippen molar-refractivity contribution in [3.05, 3.63) is 64.9 Å². The highest BCUT2D eigenvalue weighted by molar-refractivity contribution is 7.98. The number of thioether (sulfide) groups is 1. The average molecular weight is 396 g/mol. The zero-order valence-electron chi connectivity index (χ0n) is 14.9. The number of ether oxygens (including phenoxy) is 1. The maximum atomic E-state index is 5.28. The fourth-order valence-corrected chi connectivity index (χ4v) is 4.39. The van der Waals surface area contributed by atoms with Gasteiger partial charge >= 0.3 is 0 Å². The van der Waals surface area contributed by atoms with Gasteiger partial charge in [-0.3, -0.25) is 9.55 Å². The predicted octanol–water partition coefficient (Wildman–Crippen LogP) is 4.40. The minimum Gasteiger partial charge on any atom is -0.497 e. The molecule has 1 aromatic carbocycles. The maximum absolute atomic E-state index is 5.28. The van der Waals surface area contributed by atoms with Crippen LogP contribution in [0.1, 0.15) is 9.88 Å². The number of pyridine rings is 1. The third-order valence-corrected chi connectivity index (χ3v) is 5.99. The third kappa shape index (κ3) is 3.86. The summed E-state index contributed by atoms with van der Waals surface area (Å²) in [7, 11) is 1.66. The molecule has 0 saturated heterocycles. The summed E-state index contributed by atoms with van der Waals surface area (Å²) in [5.41, 5.74) is 1.95. The van der Waals surface area contributed by atoms with E-state index in [4.69, 9.17) is 4.74 Å². The molecule has 0 unspecified atom stereocenters. The van der Waals surface area contributed by atoms with Crippen LogP contribution in [-0.4, -0.2) is 31.8 Å². The van der Waals surface area contributed by atoms with E-state index in [1.807, 2.05) is 49.5 Å². The van der Waals surface area contributed by atoms with Gasteiger partial charge in [0.05, 0.1) is 12.1 Å². The topological polar surface area (TPSA) is 65.7 Å². The molecule has 0 bridgehead atoms. The molecule has 4 aromatic rings. The van der Waals surface area contributed by atoms with E-state index in [2.05, 4.69) is 24.7 Å². The minimum absolute atomic E-state index is 0.783. The molecule has 0 spiro atoms. The van der Waals surface area contributed by atoms with E-state index in [1.165, 1.54) is 4.88 Å². The molecule has 3 aromatic heterocycles. The van der Waals surface area contributed by atoms with Crippen LogP contribution in [0.15, 0.2) is 60.1 Å². The largest absolute Gasteiger partial charge is 0.497 e. The average Bonchev–Trinajstić information content (AvgIpc) is 3.33. The van der Waals surface area contributed by atoms with Crippen LogP contribution in [0.2, 0.25) is 0 Å². The maximum Gasteiger partial charge on any atom is 0.196 e. The second kappa shape index (κ2) is 7.89. The number of nitrogens with zero attached hydrogens (tertiary/aromatic N) is 5. The second-order valence-corrected chi connectivity index (χ2v) is 7.97. The van der Waals surface area contributed by atoms with Crippen LogP contribution in [0.5, 0.6) is 5.75 Å². The summed E-state index contributed by atoms with van der Waals surface area (Å²) in [5.74, 6) is 2.40. The standard InChI is InChI=1S/C19H17N5OS2/c1-13-21-11-17(27-13)12-26-19-23-22-18(14-7-9-20-10-8-14)24(19)15-3-5-16(25-2)6-4-15/h3-11H,12H2,1-2H3. The zero-order valence-corrected chi connectivity index (χ0v) is 16.5. The van der Waals surface area contributed by atoms with Crippen molar-refractivity contribution in [2.75, 3.05) is 7.11 Å². The fraction of sp³-hybridized carbons (Fsp3) is 0.158. The molecule has 0 saturated carbocycles. The number of methoxy groups -OCH3 is 1. The van der Waals surface area contributed by atoms with Gasteiger partial charge in [-0.25, -0.2) is 4.98 Å². The van der Waals surface area contributed by atoms with E-state index in [0.717, 1.165) is 38.7 Å². The van der Waals surface area contributed by atoms with Gasteiger partial charge in [0.15, 0.2) is 11.0 Å². The van der Waals surface area contributed by atoms with Crippen LogP contribution >= 0.6 is 23.1 Å². The summed E-state index contributed by atoms with van der Waals surface area (Å²) in [6.07, 6.45) is 5.44.